The first-order valence-electron chi connectivity index (χ1n) is 7.66. The molecule has 0 heterocycles. The summed E-state index contributed by atoms with van der Waals surface area (Å²) >= 11 is 0. The van der Waals surface area contributed by atoms with Gasteiger partial charge in [-0.05, 0) is 68.7 Å². The molecule has 2 rings (SSSR count). The fourth-order valence-electron chi connectivity index (χ4n) is 2.44. The number of carbonyl (C=O) groups excluding carboxylic acids is 2. The lowest BCUT2D eigenvalue weighted by Crippen LogP contribution is -2.25. The number of nitriles is 1. The number of benzene rings is 2. The van der Waals surface area contributed by atoms with Crippen molar-refractivity contribution in [3.63, 3.8) is 0 Å². The van der Waals surface area contributed by atoms with E-state index in [4.69, 9.17) is 10.00 Å². The van der Waals surface area contributed by atoms with Gasteiger partial charge in [-0.3, -0.25) is 4.79 Å². The van der Waals surface area contributed by atoms with Crippen LogP contribution >= 0.6 is 0 Å². The lowest BCUT2D eigenvalue weighted by atomic mass is 9.96. The molecule has 0 radical (unpaired) electrons. The average molecular weight is 321 g/mol. The molecule has 0 saturated heterocycles. The van der Waals surface area contributed by atoms with Crippen LogP contribution in [0.4, 0.5) is 0 Å². The summed E-state index contributed by atoms with van der Waals surface area (Å²) in [5.41, 5.74) is 4.17. The zero-order valence-corrected chi connectivity index (χ0v) is 14.2. The molecule has 0 aliphatic carbocycles. The van der Waals surface area contributed by atoms with Crippen molar-refractivity contribution >= 4 is 11.8 Å². The molecule has 122 valence electrons. The first kappa shape index (κ1) is 17.4. The second-order valence-electron chi connectivity index (χ2n) is 5.86. The molecular weight excluding hydrogens is 302 g/mol. The fraction of sp³-hybridized carbons (Fsp3) is 0.250. The highest BCUT2D eigenvalue weighted by Crippen LogP contribution is 2.18. The molecular formula is C20H19NO3. The van der Waals surface area contributed by atoms with E-state index < -0.39 is 12.1 Å². The van der Waals surface area contributed by atoms with Gasteiger partial charge in [0.05, 0.1) is 17.2 Å². The predicted molar refractivity (Wildman–Crippen MR) is 91.0 cm³/mol. The van der Waals surface area contributed by atoms with Crippen molar-refractivity contribution < 1.29 is 14.3 Å². The van der Waals surface area contributed by atoms with Crippen LogP contribution in [0.2, 0.25) is 0 Å². The summed E-state index contributed by atoms with van der Waals surface area (Å²) in [6.07, 6.45) is -0.899. The highest BCUT2D eigenvalue weighted by molar-refractivity contribution is 6.02. The summed E-state index contributed by atoms with van der Waals surface area (Å²) in [6, 6.07) is 12.0. The number of ether oxygens (including phenoxy) is 1. The topological polar surface area (TPSA) is 67.2 Å². The molecule has 0 amide bonds. The van der Waals surface area contributed by atoms with E-state index in [1.54, 1.807) is 25.1 Å². The van der Waals surface area contributed by atoms with Crippen LogP contribution in [0.3, 0.4) is 0 Å². The fourth-order valence-corrected chi connectivity index (χ4v) is 2.44. The third kappa shape index (κ3) is 3.69. The van der Waals surface area contributed by atoms with Gasteiger partial charge in [-0.2, -0.15) is 5.26 Å². The molecule has 0 fully saturated rings. The number of ketones is 1. The van der Waals surface area contributed by atoms with Gasteiger partial charge in [0, 0.05) is 5.56 Å². The van der Waals surface area contributed by atoms with E-state index >= 15 is 0 Å². The zero-order chi connectivity index (χ0) is 17.9. The van der Waals surface area contributed by atoms with Crippen molar-refractivity contribution in [2.24, 2.45) is 0 Å². The van der Waals surface area contributed by atoms with Crippen LogP contribution in [0.25, 0.3) is 0 Å². The summed E-state index contributed by atoms with van der Waals surface area (Å²) < 4.78 is 5.28. The lowest BCUT2D eigenvalue weighted by Gasteiger charge is -2.15. The number of hydrogen-bond donors (Lipinski definition) is 0. The largest absolute Gasteiger partial charge is 0.451 e. The number of carbonyl (C=O) groups is 2. The molecule has 1 atom stereocenters. The number of hydrogen-bond acceptors (Lipinski definition) is 4. The van der Waals surface area contributed by atoms with E-state index in [0.717, 1.165) is 16.7 Å². The minimum Gasteiger partial charge on any atom is -0.451 e. The average Bonchev–Trinajstić information content (AvgIpc) is 2.57. The van der Waals surface area contributed by atoms with Gasteiger partial charge in [0.2, 0.25) is 5.78 Å². The molecule has 0 bridgehead atoms. The van der Waals surface area contributed by atoms with Crippen molar-refractivity contribution in [2.45, 2.75) is 33.8 Å². The minimum absolute atomic E-state index is 0.236. The van der Waals surface area contributed by atoms with Crippen molar-refractivity contribution in [1.82, 2.24) is 0 Å². The third-order valence-corrected chi connectivity index (χ3v) is 3.99. The Balaban J connectivity index is 2.18. The summed E-state index contributed by atoms with van der Waals surface area (Å²) in [5.74, 6) is -0.852. The molecule has 0 aromatic heterocycles. The SMILES string of the molecule is Cc1cc(C)c(C(=O)[C@@H](C)OC(=O)c2cccc(C#N)c2)cc1C. The molecule has 4 heteroatoms. The molecule has 0 unspecified atom stereocenters. The Morgan fingerprint density at radius 1 is 1.04 bits per heavy atom. The maximum Gasteiger partial charge on any atom is 0.338 e. The van der Waals surface area contributed by atoms with Gasteiger partial charge in [0.15, 0.2) is 6.10 Å². The highest BCUT2D eigenvalue weighted by atomic mass is 16.5. The van der Waals surface area contributed by atoms with Gasteiger partial charge in [0.25, 0.3) is 0 Å². The van der Waals surface area contributed by atoms with Crippen LogP contribution < -0.4 is 0 Å². The van der Waals surface area contributed by atoms with Crippen molar-refractivity contribution in [3.8, 4) is 6.07 Å². The lowest BCUT2D eigenvalue weighted by molar-refractivity contribution is 0.0318. The van der Waals surface area contributed by atoms with E-state index in [9.17, 15) is 9.59 Å². The van der Waals surface area contributed by atoms with E-state index in [0.29, 0.717) is 11.1 Å². The molecule has 0 aliphatic heterocycles. The van der Waals surface area contributed by atoms with Crippen LogP contribution in [0, 0.1) is 32.1 Å². The van der Waals surface area contributed by atoms with Crippen molar-refractivity contribution in [1.29, 1.82) is 5.26 Å². The highest BCUT2D eigenvalue weighted by Gasteiger charge is 2.22. The van der Waals surface area contributed by atoms with Gasteiger partial charge in [-0.15, -0.1) is 0 Å². The van der Waals surface area contributed by atoms with Gasteiger partial charge in [-0.25, -0.2) is 4.79 Å². The van der Waals surface area contributed by atoms with E-state index in [1.807, 2.05) is 39.0 Å². The molecule has 0 N–H and O–H groups in total. The molecule has 0 aliphatic rings. The maximum atomic E-state index is 12.6. The van der Waals surface area contributed by atoms with E-state index in [1.165, 1.54) is 6.07 Å². The number of aryl methyl sites for hydroxylation is 3. The molecule has 0 saturated carbocycles. The van der Waals surface area contributed by atoms with Crippen LogP contribution in [-0.2, 0) is 4.74 Å². The summed E-state index contributed by atoms with van der Waals surface area (Å²) in [5, 5.41) is 8.89. The normalized spacial score (nSPS) is 11.5. The van der Waals surface area contributed by atoms with Gasteiger partial charge in [-0.1, -0.05) is 12.1 Å². The number of Topliss-reactive ketones (excluding diaryl/α,β-unsaturated/α-hetero) is 1. The molecule has 24 heavy (non-hydrogen) atoms. The van der Waals surface area contributed by atoms with Crippen LogP contribution in [-0.4, -0.2) is 17.9 Å². The van der Waals surface area contributed by atoms with Crippen molar-refractivity contribution in [2.75, 3.05) is 0 Å². The maximum absolute atomic E-state index is 12.6. The smallest absolute Gasteiger partial charge is 0.338 e. The van der Waals surface area contributed by atoms with Crippen LogP contribution in [0.15, 0.2) is 36.4 Å². The number of esters is 1. The Bertz CT molecular complexity index is 846. The third-order valence-electron chi connectivity index (χ3n) is 3.99. The van der Waals surface area contributed by atoms with E-state index in [2.05, 4.69) is 0 Å². The molecule has 2 aromatic carbocycles. The Morgan fingerprint density at radius 3 is 2.38 bits per heavy atom. The molecule has 4 nitrogen and oxygen atoms in total. The van der Waals surface area contributed by atoms with Gasteiger partial charge < -0.3 is 4.74 Å². The molecule has 2 aromatic rings. The monoisotopic (exact) mass is 321 g/mol. The Hall–Kier alpha value is -2.93. The van der Waals surface area contributed by atoms with Gasteiger partial charge >= 0.3 is 5.97 Å². The summed E-state index contributed by atoms with van der Waals surface area (Å²) in [6.45, 7) is 7.35. The summed E-state index contributed by atoms with van der Waals surface area (Å²) in [4.78, 5) is 24.8. The first-order chi connectivity index (χ1) is 11.3. The van der Waals surface area contributed by atoms with Crippen molar-refractivity contribution in [3.05, 3.63) is 69.8 Å². The standard InChI is InChI=1S/C20H19NO3/c1-12-8-14(3)18(9-13(12)2)19(22)15(4)24-20(23)17-7-5-6-16(10-17)11-21/h5-10,15H,1-4H3/t15-/m1/s1. The zero-order valence-electron chi connectivity index (χ0n) is 14.2. The quantitative estimate of drug-likeness (QED) is 0.632. The minimum atomic E-state index is -0.899. The Kier molecular flexibility index (Phi) is 5.15. The second-order valence-corrected chi connectivity index (χ2v) is 5.86. The number of rotatable bonds is 4. The van der Waals surface area contributed by atoms with Crippen LogP contribution in [0.5, 0.6) is 0 Å². The second kappa shape index (κ2) is 7.10. The van der Waals surface area contributed by atoms with Gasteiger partial charge in [0.1, 0.15) is 0 Å². The molecule has 0 spiro atoms. The summed E-state index contributed by atoms with van der Waals surface area (Å²) in [7, 11) is 0. The number of nitrogens with zero attached hydrogens (tertiary/aromatic N) is 1. The first-order valence-corrected chi connectivity index (χ1v) is 7.66. The Morgan fingerprint density at radius 2 is 1.71 bits per heavy atom. The predicted octanol–water partition coefficient (Wildman–Crippen LogP) is 3.91. The Labute approximate surface area is 141 Å². The van der Waals surface area contributed by atoms with E-state index in [-0.39, 0.29) is 11.3 Å². The van der Waals surface area contributed by atoms with Crippen LogP contribution in [0.1, 0.15) is 49.9 Å².